The number of primary amides is 1. The smallest absolute Gasteiger partial charge is 0.237 e. The third-order valence-electron chi connectivity index (χ3n) is 3.14. The minimum atomic E-state index is -0.731. The fraction of sp³-hybridized carbons (Fsp3) is 0.385. The molecule has 2 rings (SSSR count). The van der Waals surface area contributed by atoms with Gasteiger partial charge < -0.3 is 10.1 Å². The van der Waals surface area contributed by atoms with Crippen LogP contribution >= 0.6 is 0 Å². The van der Waals surface area contributed by atoms with E-state index in [0.29, 0.717) is 6.54 Å². The van der Waals surface area contributed by atoms with Crippen LogP contribution in [-0.4, -0.2) is 20.8 Å². The molecular weight excluding hydrogens is 228 g/mol. The van der Waals surface area contributed by atoms with Crippen molar-refractivity contribution < 1.29 is 4.79 Å². The molecule has 96 valence electrons. The second kappa shape index (κ2) is 4.42. The molecule has 0 aliphatic carbocycles. The van der Waals surface area contributed by atoms with Crippen LogP contribution in [0.25, 0.3) is 5.65 Å². The Morgan fingerprint density at radius 1 is 1.50 bits per heavy atom. The number of amides is 1. The molecule has 2 aromatic heterocycles. The molecule has 0 aliphatic rings. The van der Waals surface area contributed by atoms with E-state index in [2.05, 4.69) is 10.3 Å². The molecule has 0 saturated heterocycles. The van der Waals surface area contributed by atoms with Gasteiger partial charge in [-0.1, -0.05) is 6.07 Å². The number of imidazole rings is 1. The first-order valence-corrected chi connectivity index (χ1v) is 5.89. The van der Waals surface area contributed by atoms with E-state index >= 15 is 0 Å². The number of nitrogens with one attached hydrogen (secondary N) is 1. The SMILES string of the molecule is Cc1nc2ccccn2c1CNC(C)(C)C(N)=O. The molecule has 18 heavy (non-hydrogen) atoms. The summed E-state index contributed by atoms with van der Waals surface area (Å²) in [6.07, 6.45) is 1.96. The van der Waals surface area contributed by atoms with Gasteiger partial charge in [-0.05, 0) is 32.9 Å². The normalized spacial score (nSPS) is 11.9. The van der Waals surface area contributed by atoms with Gasteiger partial charge in [0, 0.05) is 12.7 Å². The summed E-state index contributed by atoms with van der Waals surface area (Å²) < 4.78 is 2.01. The third kappa shape index (κ3) is 2.22. The maximum absolute atomic E-state index is 11.3. The van der Waals surface area contributed by atoms with Gasteiger partial charge in [-0.3, -0.25) is 10.1 Å². The first-order valence-electron chi connectivity index (χ1n) is 5.89. The van der Waals surface area contributed by atoms with E-state index in [9.17, 15) is 4.79 Å². The van der Waals surface area contributed by atoms with E-state index < -0.39 is 5.54 Å². The lowest BCUT2D eigenvalue weighted by molar-refractivity contribution is -0.123. The van der Waals surface area contributed by atoms with Crippen LogP contribution in [0.5, 0.6) is 0 Å². The molecule has 2 heterocycles. The van der Waals surface area contributed by atoms with E-state index in [1.165, 1.54) is 0 Å². The number of rotatable bonds is 4. The van der Waals surface area contributed by atoms with Crippen LogP contribution in [0.2, 0.25) is 0 Å². The van der Waals surface area contributed by atoms with E-state index in [0.717, 1.165) is 17.0 Å². The van der Waals surface area contributed by atoms with Crippen molar-refractivity contribution in [2.45, 2.75) is 32.9 Å². The van der Waals surface area contributed by atoms with E-state index in [1.54, 1.807) is 13.8 Å². The molecule has 5 nitrogen and oxygen atoms in total. The van der Waals surface area contributed by atoms with Gasteiger partial charge in [-0.2, -0.15) is 0 Å². The monoisotopic (exact) mass is 246 g/mol. The number of carbonyl (C=O) groups is 1. The number of hydrogen-bond donors (Lipinski definition) is 2. The summed E-state index contributed by atoms with van der Waals surface area (Å²) in [7, 11) is 0. The minimum Gasteiger partial charge on any atom is -0.368 e. The number of aryl methyl sites for hydroxylation is 1. The zero-order valence-electron chi connectivity index (χ0n) is 10.9. The Bertz CT molecular complexity index is 586. The second-order valence-corrected chi connectivity index (χ2v) is 4.92. The standard InChI is InChI=1S/C13H18N4O/c1-9-10(8-15-13(2,3)12(14)18)17-7-5-4-6-11(17)16-9/h4-7,15H,8H2,1-3H3,(H2,14,18). The maximum atomic E-state index is 11.3. The second-order valence-electron chi connectivity index (χ2n) is 4.92. The molecule has 0 aliphatic heterocycles. The van der Waals surface area contributed by atoms with Crippen LogP contribution in [0.4, 0.5) is 0 Å². The number of hydrogen-bond acceptors (Lipinski definition) is 3. The third-order valence-corrected chi connectivity index (χ3v) is 3.14. The van der Waals surface area contributed by atoms with Crippen molar-refractivity contribution >= 4 is 11.6 Å². The van der Waals surface area contributed by atoms with Crippen molar-refractivity contribution in [1.29, 1.82) is 0 Å². The van der Waals surface area contributed by atoms with Crippen molar-refractivity contribution in [2.75, 3.05) is 0 Å². The van der Waals surface area contributed by atoms with Crippen LogP contribution in [0, 0.1) is 6.92 Å². The molecule has 0 aromatic carbocycles. The van der Waals surface area contributed by atoms with Crippen molar-refractivity contribution in [2.24, 2.45) is 5.73 Å². The minimum absolute atomic E-state index is 0.367. The fourth-order valence-electron chi connectivity index (χ4n) is 1.77. The molecule has 2 aromatic rings. The average molecular weight is 246 g/mol. The van der Waals surface area contributed by atoms with E-state index in [-0.39, 0.29) is 5.91 Å². The highest BCUT2D eigenvalue weighted by Crippen LogP contribution is 2.13. The molecule has 0 saturated carbocycles. The van der Waals surface area contributed by atoms with Crippen molar-refractivity contribution in [3.05, 3.63) is 35.8 Å². The predicted molar refractivity (Wildman–Crippen MR) is 70.0 cm³/mol. The first-order chi connectivity index (χ1) is 8.42. The van der Waals surface area contributed by atoms with Gasteiger partial charge in [0.15, 0.2) is 0 Å². The van der Waals surface area contributed by atoms with E-state index in [4.69, 9.17) is 5.73 Å². The highest BCUT2D eigenvalue weighted by atomic mass is 16.1. The first kappa shape index (κ1) is 12.6. The number of nitrogens with two attached hydrogens (primary N) is 1. The number of aromatic nitrogens is 2. The molecule has 0 spiro atoms. The summed E-state index contributed by atoms with van der Waals surface area (Å²) in [6.45, 7) is 6.05. The Kier molecular flexibility index (Phi) is 3.09. The molecule has 0 atom stereocenters. The lowest BCUT2D eigenvalue weighted by atomic mass is 10.1. The van der Waals surface area contributed by atoms with E-state index in [1.807, 2.05) is 35.7 Å². The Balaban J connectivity index is 2.27. The number of fused-ring (bicyclic) bond motifs is 1. The Morgan fingerprint density at radius 3 is 2.89 bits per heavy atom. The fourth-order valence-corrected chi connectivity index (χ4v) is 1.77. The Hall–Kier alpha value is -1.88. The molecule has 0 fully saturated rings. The Morgan fingerprint density at radius 2 is 2.22 bits per heavy atom. The highest BCUT2D eigenvalue weighted by molar-refractivity contribution is 5.83. The van der Waals surface area contributed by atoms with Gasteiger partial charge in [-0.15, -0.1) is 0 Å². The summed E-state index contributed by atoms with van der Waals surface area (Å²) >= 11 is 0. The van der Waals surface area contributed by atoms with Gasteiger partial charge in [0.1, 0.15) is 5.65 Å². The number of carbonyl (C=O) groups excluding carboxylic acids is 1. The quantitative estimate of drug-likeness (QED) is 0.845. The van der Waals surface area contributed by atoms with Gasteiger partial charge in [-0.25, -0.2) is 4.98 Å². The summed E-state index contributed by atoms with van der Waals surface area (Å²) in [4.78, 5) is 15.7. The molecule has 0 radical (unpaired) electrons. The lowest BCUT2D eigenvalue weighted by Gasteiger charge is -2.22. The maximum Gasteiger partial charge on any atom is 0.237 e. The zero-order valence-corrected chi connectivity index (χ0v) is 10.9. The molecule has 3 N–H and O–H groups in total. The molecule has 0 unspecified atom stereocenters. The number of nitrogens with zero attached hydrogens (tertiary/aromatic N) is 2. The highest BCUT2D eigenvalue weighted by Gasteiger charge is 2.24. The molecular formula is C13H18N4O. The van der Waals surface area contributed by atoms with Crippen LogP contribution in [0.1, 0.15) is 25.2 Å². The van der Waals surface area contributed by atoms with Crippen molar-refractivity contribution in [3.63, 3.8) is 0 Å². The van der Waals surface area contributed by atoms with Crippen LogP contribution in [-0.2, 0) is 11.3 Å². The van der Waals surface area contributed by atoms with Crippen molar-refractivity contribution in [3.8, 4) is 0 Å². The van der Waals surface area contributed by atoms with Gasteiger partial charge in [0.2, 0.25) is 5.91 Å². The van der Waals surface area contributed by atoms with Gasteiger partial charge in [0.25, 0.3) is 0 Å². The van der Waals surface area contributed by atoms with Gasteiger partial charge >= 0.3 is 0 Å². The Labute approximate surface area is 106 Å². The largest absolute Gasteiger partial charge is 0.368 e. The summed E-state index contributed by atoms with van der Waals surface area (Å²) in [5.41, 5.74) is 7.51. The van der Waals surface area contributed by atoms with Gasteiger partial charge in [0.05, 0.1) is 16.9 Å². The van der Waals surface area contributed by atoms with Crippen LogP contribution in [0.3, 0.4) is 0 Å². The average Bonchev–Trinajstić information content (AvgIpc) is 2.62. The van der Waals surface area contributed by atoms with Crippen LogP contribution in [0.15, 0.2) is 24.4 Å². The lowest BCUT2D eigenvalue weighted by Crippen LogP contribution is -2.50. The molecule has 1 amide bonds. The number of pyridine rings is 1. The van der Waals surface area contributed by atoms with Crippen LogP contribution < -0.4 is 11.1 Å². The summed E-state index contributed by atoms with van der Waals surface area (Å²) in [5, 5.41) is 3.16. The zero-order chi connectivity index (χ0) is 13.3. The predicted octanol–water partition coefficient (Wildman–Crippen LogP) is 0.996. The van der Waals surface area contributed by atoms with Crippen molar-refractivity contribution in [1.82, 2.24) is 14.7 Å². The molecule has 0 bridgehead atoms. The summed E-state index contributed by atoms with van der Waals surface area (Å²) in [6, 6.07) is 5.86. The summed E-state index contributed by atoms with van der Waals surface area (Å²) in [5.74, 6) is -0.367. The molecule has 5 heteroatoms. The topological polar surface area (TPSA) is 72.4 Å².